The Morgan fingerprint density at radius 3 is 2.41 bits per heavy atom. The Labute approximate surface area is 134 Å². The van der Waals surface area contributed by atoms with Crippen molar-refractivity contribution in [1.82, 2.24) is 0 Å². The molecule has 2 N–H and O–H groups in total. The topological polar surface area (TPSA) is 49.7 Å². The highest BCUT2D eigenvalue weighted by atomic mass is 16.6. The van der Waals surface area contributed by atoms with Crippen molar-refractivity contribution >= 4 is 0 Å². The van der Waals surface area contributed by atoms with E-state index in [2.05, 4.69) is 40.7 Å². The molecular formula is C19H32O3. The van der Waals surface area contributed by atoms with Crippen LogP contribution < -0.4 is 0 Å². The Balaban J connectivity index is 1.76. The van der Waals surface area contributed by atoms with E-state index in [1.165, 1.54) is 5.57 Å². The molecule has 0 aromatic carbocycles. The summed E-state index contributed by atoms with van der Waals surface area (Å²) in [5.74, 6) is -0.0312. The molecular weight excluding hydrogens is 276 g/mol. The largest absolute Gasteiger partial charge is 0.389 e. The van der Waals surface area contributed by atoms with Gasteiger partial charge in [-0.05, 0) is 51.4 Å². The molecule has 0 aromatic rings. The molecule has 3 rings (SSSR count). The van der Waals surface area contributed by atoms with Crippen LogP contribution in [0.25, 0.3) is 0 Å². The predicted octanol–water partition coefficient (Wildman–Crippen LogP) is 3.79. The van der Waals surface area contributed by atoms with Crippen molar-refractivity contribution in [2.75, 3.05) is 0 Å². The van der Waals surface area contributed by atoms with Crippen LogP contribution in [0, 0.1) is 16.7 Å². The lowest BCUT2D eigenvalue weighted by molar-refractivity contribution is -0.225. The summed E-state index contributed by atoms with van der Waals surface area (Å²) >= 11 is 0. The van der Waals surface area contributed by atoms with E-state index in [4.69, 9.17) is 4.74 Å². The monoisotopic (exact) mass is 308 g/mol. The Kier molecular flexibility index (Phi) is 3.60. The summed E-state index contributed by atoms with van der Waals surface area (Å²) in [7, 11) is 0. The molecule has 1 spiro atoms. The van der Waals surface area contributed by atoms with Crippen molar-refractivity contribution < 1.29 is 14.9 Å². The third kappa shape index (κ3) is 2.55. The predicted molar refractivity (Wildman–Crippen MR) is 87.3 cm³/mol. The fourth-order valence-corrected chi connectivity index (χ4v) is 5.13. The smallest absolute Gasteiger partial charge is 0.162 e. The highest BCUT2D eigenvalue weighted by Gasteiger charge is 2.77. The van der Waals surface area contributed by atoms with Crippen molar-refractivity contribution in [3.63, 3.8) is 0 Å². The average Bonchev–Trinajstić information content (AvgIpc) is 2.79. The molecule has 3 saturated carbocycles. The maximum Gasteiger partial charge on any atom is 0.162 e. The van der Waals surface area contributed by atoms with Gasteiger partial charge in [-0.1, -0.05) is 32.4 Å². The zero-order valence-corrected chi connectivity index (χ0v) is 14.8. The molecule has 3 aliphatic carbocycles. The van der Waals surface area contributed by atoms with Crippen LogP contribution in [0.3, 0.4) is 0 Å². The fourth-order valence-electron chi connectivity index (χ4n) is 5.13. The Hall–Kier alpha value is -0.380. The van der Waals surface area contributed by atoms with Gasteiger partial charge in [0.1, 0.15) is 0 Å². The molecule has 126 valence electrons. The maximum absolute atomic E-state index is 10.8. The minimum atomic E-state index is -0.800. The molecule has 0 aliphatic heterocycles. The third-order valence-electron chi connectivity index (χ3n) is 6.25. The van der Waals surface area contributed by atoms with Gasteiger partial charge in [0.05, 0.1) is 11.2 Å². The molecule has 5 atom stereocenters. The quantitative estimate of drug-likeness (QED) is 0.613. The van der Waals surface area contributed by atoms with Gasteiger partial charge in [0.25, 0.3) is 0 Å². The maximum atomic E-state index is 10.8. The number of aliphatic hydroxyl groups is 2. The van der Waals surface area contributed by atoms with Crippen LogP contribution in [0.4, 0.5) is 0 Å². The number of fused-ring (bicyclic) bond motifs is 1. The van der Waals surface area contributed by atoms with E-state index in [-0.39, 0.29) is 22.3 Å². The molecule has 22 heavy (non-hydrogen) atoms. The number of hydrogen-bond donors (Lipinski definition) is 2. The van der Waals surface area contributed by atoms with Crippen molar-refractivity contribution in [2.24, 2.45) is 16.7 Å². The first-order chi connectivity index (χ1) is 10.0. The molecule has 0 aromatic heterocycles. The van der Waals surface area contributed by atoms with Crippen molar-refractivity contribution in [2.45, 2.75) is 90.6 Å². The lowest BCUT2D eigenvalue weighted by Crippen LogP contribution is -2.43. The molecule has 0 amide bonds. The van der Waals surface area contributed by atoms with Crippen LogP contribution in [-0.2, 0) is 4.74 Å². The molecule has 0 radical (unpaired) electrons. The summed E-state index contributed by atoms with van der Waals surface area (Å²) in [5, 5.41) is 21.5. The summed E-state index contributed by atoms with van der Waals surface area (Å²) < 4.78 is 6.27. The van der Waals surface area contributed by atoms with E-state index < -0.39 is 11.9 Å². The summed E-state index contributed by atoms with van der Waals surface area (Å²) in [6.07, 6.45) is 7.12. The number of ether oxygens (including phenoxy) is 1. The van der Waals surface area contributed by atoms with Crippen molar-refractivity contribution in [3.05, 3.63) is 11.6 Å². The SMILES string of the molecule is CC(C)=CC(C(O)OC12CCCC3(C1)CC3(O)C2)C(C)(C)C. The second-order valence-corrected chi connectivity index (χ2v) is 9.52. The number of hydrogen-bond acceptors (Lipinski definition) is 3. The van der Waals surface area contributed by atoms with E-state index in [1.54, 1.807) is 0 Å². The fraction of sp³-hybridized carbons (Fsp3) is 0.895. The lowest BCUT2D eigenvalue weighted by atomic mass is 9.77. The summed E-state index contributed by atoms with van der Waals surface area (Å²) in [6, 6.07) is 0. The van der Waals surface area contributed by atoms with Crippen molar-refractivity contribution in [1.29, 1.82) is 0 Å². The van der Waals surface area contributed by atoms with Crippen LogP contribution in [0.15, 0.2) is 11.6 Å². The summed E-state index contributed by atoms with van der Waals surface area (Å²) in [5.41, 5.74) is 0.449. The highest BCUT2D eigenvalue weighted by Crippen LogP contribution is 2.75. The van der Waals surface area contributed by atoms with Crippen LogP contribution in [0.2, 0.25) is 0 Å². The van der Waals surface area contributed by atoms with Gasteiger partial charge in [0.2, 0.25) is 0 Å². The van der Waals surface area contributed by atoms with Gasteiger partial charge in [0, 0.05) is 17.8 Å². The van der Waals surface area contributed by atoms with Crippen LogP contribution >= 0.6 is 0 Å². The average molecular weight is 308 g/mol. The zero-order valence-electron chi connectivity index (χ0n) is 14.8. The second-order valence-electron chi connectivity index (χ2n) is 9.52. The molecule has 0 saturated heterocycles. The lowest BCUT2D eigenvalue weighted by Gasteiger charge is -2.41. The van der Waals surface area contributed by atoms with E-state index in [1.807, 2.05) is 0 Å². The van der Waals surface area contributed by atoms with E-state index in [0.717, 1.165) is 32.1 Å². The molecule has 5 unspecified atom stereocenters. The van der Waals surface area contributed by atoms with Crippen LogP contribution in [-0.4, -0.2) is 27.7 Å². The second kappa shape index (κ2) is 4.81. The minimum Gasteiger partial charge on any atom is -0.389 e. The number of rotatable bonds is 4. The molecule has 3 nitrogen and oxygen atoms in total. The first kappa shape index (κ1) is 16.5. The van der Waals surface area contributed by atoms with Gasteiger partial charge in [-0.2, -0.15) is 0 Å². The first-order valence-corrected chi connectivity index (χ1v) is 8.74. The molecule has 2 bridgehead atoms. The van der Waals surface area contributed by atoms with Gasteiger partial charge >= 0.3 is 0 Å². The van der Waals surface area contributed by atoms with Gasteiger partial charge in [-0.15, -0.1) is 0 Å². The highest BCUT2D eigenvalue weighted by molar-refractivity contribution is 5.28. The van der Waals surface area contributed by atoms with Gasteiger partial charge < -0.3 is 14.9 Å². The number of allylic oxidation sites excluding steroid dienone is 1. The zero-order chi connectivity index (χ0) is 16.4. The standard InChI is InChI=1S/C19H32O3/c1-13(2)9-14(16(3,4)5)15(20)22-18-8-6-7-17(10-18)11-19(17,21)12-18/h9,14-15,20-21H,6-8,10-12H2,1-5H3. The molecule has 3 heteroatoms. The molecule has 0 heterocycles. The Morgan fingerprint density at radius 2 is 1.82 bits per heavy atom. The van der Waals surface area contributed by atoms with Crippen LogP contribution in [0.1, 0.15) is 73.1 Å². The van der Waals surface area contributed by atoms with E-state index in [0.29, 0.717) is 6.42 Å². The molecule has 3 fully saturated rings. The number of aliphatic hydroxyl groups excluding tert-OH is 1. The van der Waals surface area contributed by atoms with Gasteiger partial charge in [-0.25, -0.2) is 0 Å². The van der Waals surface area contributed by atoms with Gasteiger partial charge in [0.15, 0.2) is 6.29 Å². The van der Waals surface area contributed by atoms with Crippen LogP contribution in [0.5, 0.6) is 0 Å². The van der Waals surface area contributed by atoms with Gasteiger partial charge in [-0.3, -0.25) is 0 Å². The van der Waals surface area contributed by atoms with E-state index >= 15 is 0 Å². The normalized spacial score (nSPS) is 42.5. The summed E-state index contributed by atoms with van der Waals surface area (Å²) in [4.78, 5) is 0. The first-order valence-electron chi connectivity index (χ1n) is 8.74. The third-order valence-corrected chi connectivity index (χ3v) is 6.25. The Morgan fingerprint density at radius 1 is 1.14 bits per heavy atom. The molecule has 3 aliphatic rings. The Bertz CT molecular complexity index is 483. The minimum absolute atomic E-state index is 0.0312. The van der Waals surface area contributed by atoms with E-state index in [9.17, 15) is 10.2 Å². The van der Waals surface area contributed by atoms with Crippen molar-refractivity contribution in [3.8, 4) is 0 Å². The summed E-state index contributed by atoms with van der Waals surface area (Å²) in [6.45, 7) is 10.6.